The molecule has 0 aliphatic heterocycles. The highest BCUT2D eigenvalue weighted by Crippen LogP contribution is 2.41. The molecular formula is C16H25Cl2NO3. The van der Waals surface area contributed by atoms with Crippen LogP contribution in [-0.4, -0.2) is 31.0 Å². The summed E-state index contributed by atoms with van der Waals surface area (Å²) in [4.78, 5) is 10.5. The average Bonchev–Trinajstić information content (AvgIpc) is 3.27. The number of carbonyl (C=O) groups excluding carboxylic acids is 1. The van der Waals surface area contributed by atoms with E-state index in [-0.39, 0.29) is 11.7 Å². The Bertz CT molecular complexity index is 469. The molecule has 1 aliphatic carbocycles. The first kappa shape index (κ1) is 21.0. The number of ether oxygens (including phenoxy) is 1. The molecule has 0 atom stereocenters. The zero-order valence-corrected chi connectivity index (χ0v) is 15.3. The molecule has 0 unspecified atom stereocenters. The molecule has 1 fully saturated rings. The van der Waals surface area contributed by atoms with E-state index in [4.69, 9.17) is 33.0 Å². The van der Waals surface area contributed by atoms with Crippen LogP contribution < -0.4 is 5.32 Å². The molecule has 0 heterocycles. The van der Waals surface area contributed by atoms with Crippen LogP contribution in [0.5, 0.6) is 0 Å². The number of nitrogens with one attached hydrogen (secondary N) is 1. The summed E-state index contributed by atoms with van der Waals surface area (Å²) in [6.07, 6.45) is 2.22. The molecule has 126 valence electrons. The maximum absolute atomic E-state index is 10.5. The third-order valence-electron chi connectivity index (χ3n) is 2.60. The maximum atomic E-state index is 10.5. The third-order valence-corrected chi connectivity index (χ3v) is 3.33. The number of rotatable bonds is 1. The van der Waals surface area contributed by atoms with Crippen molar-refractivity contribution in [1.29, 1.82) is 0 Å². The second-order valence-electron chi connectivity index (χ2n) is 5.70. The summed E-state index contributed by atoms with van der Waals surface area (Å²) in [6.45, 7) is 5.46. The second kappa shape index (κ2) is 9.93. The average molecular weight is 350 g/mol. The van der Waals surface area contributed by atoms with Crippen molar-refractivity contribution in [3.8, 4) is 0 Å². The Morgan fingerprint density at radius 3 is 2.09 bits per heavy atom. The lowest BCUT2D eigenvalue weighted by Crippen LogP contribution is -2.30. The molecule has 1 amide bonds. The normalized spacial score (nSPS) is 13.1. The van der Waals surface area contributed by atoms with Gasteiger partial charge in [0.2, 0.25) is 0 Å². The molecule has 0 bridgehead atoms. The minimum atomic E-state index is -0.389. The molecule has 0 aromatic heterocycles. The summed E-state index contributed by atoms with van der Waals surface area (Å²) < 4.78 is 4.84. The minimum absolute atomic E-state index is 0.387. The van der Waals surface area contributed by atoms with Crippen LogP contribution >= 0.6 is 23.2 Å². The van der Waals surface area contributed by atoms with E-state index in [2.05, 4.69) is 11.4 Å². The van der Waals surface area contributed by atoms with Gasteiger partial charge in [-0.15, -0.1) is 0 Å². The van der Waals surface area contributed by atoms with Crippen LogP contribution in [0, 0.1) is 0 Å². The summed E-state index contributed by atoms with van der Waals surface area (Å²) in [5, 5.41) is 10.7. The van der Waals surface area contributed by atoms with Crippen LogP contribution in [0.4, 0.5) is 4.79 Å². The molecule has 1 aromatic carbocycles. The van der Waals surface area contributed by atoms with Crippen LogP contribution in [0.2, 0.25) is 10.0 Å². The largest absolute Gasteiger partial charge is 0.444 e. The number of carbonyl (C=O) groups is 1. The van der Waals surface area contributed by atoms with Gasteiger partial charge >= 0.3 is 6.09 Å². The molecule has 1 aliphatic rings. The Kier molecular flexibility index (Phi) is 9.49. The van der Waals surface area contributed by atoms with Gasteiger partial charge in [0.25, 0.3) is 0 Å². The van der Waals surface area contributed by atoms with Crippen LogP contribution in [-0.2, 0) is 4.74 Å². The molecule has 22 heavy (non-hydrogen) atoms. The third kappa shape index (κ3) is 9.13. The molecule has 4 nitrogen and oxygen atoms in total. The van der Waals surface area contributed by atoms with E-state index in [0.29, 0.717) is 10.0 Å². The van der Waals surface area contributed by atoms with Crippen molar-refractivity contribution in [2.24, 2.45) is 0 Å². The molecular weight excluding hydrogens is 325 g/mol. The van der Waals surface area contributed by atoms with E-state index < -0.39 is 0 Å². The van der Waals surface area contributed by atoms with E-state index in [1.54, 1.807) is 0 Å². The van der Waals surface area contributed by atoms with E-state index >= 15 is 0 Å². The lowest BCUT2D eigenvalue weighted by atomic mass is 10.1. The number of benzene rings is 1. The van der Waals surface area contributed by atoms with Crippen LogP contribution in [0.15, 0.2) is 18.2 Å². The lowest BCUT2D eigenvalue weighted by Gasteiger charge is -2.18. The number of aliphatic hydroxyl groups is 1. The quantitative estimate of drug-likeness (QED) is 0.777. The topological polar surface area (TPSA) is 58.6 Å². The monoisotopic (exact) mass is 349 g/mol. The Hall–Kier alpha value is -0.970. The van der Waals surface area contributed by atoms with Gasteiger partial charge in [-0.25, -0.2) is 4.79 Å². The number of halogens is 2. The predicted octanol–water partition coefficient (Wildman–Crippen LogP) is 4.62. The first-order valence-electron chi connectivity index (χ1n) is 7.03. The lowest BCUT2D eigenvalue weighted by molar-refractivity contribution is 0.0541. The molecule has 0 saturated heterocycles. The van der Waals surface area contributed by atoms with Gasteiger partial charge in [-0.2, -0.15) is 0 Å². The van der Waals surface area contributed by atoms with E-state index in [9.17, 15) is 4.79 Å². The van der Waals surface area contributed by atoms with Crippen molar-refractivity contribution < 1.29 is 14.6 Å². The van der Waals surface area contributed by atoms with Crippen LogP contribution in [0.25, 0.3) is 0 Å². The fraction of sp³-hybridized carbons (Fsp3) is 0.562. The Morgan fingerprint density at radius 2 is 1.77 bits per heavy atom. The van der Waals surface area contributed by atoms with Gasteiger partial charge in [0, 0.05) is 14.2 Å². The molecule has 1 aromatic rings. The highest BCUT2D eigenvalue weighted by Gasteiger charge is 2.23. The zero-order valence-electron chi connectivity index (χ0n) is 13.7. The highest BCUT2D eigenvalue weighted by atomic mass is 35.5. The van der Waals surface area contributed by atoms with Gasteiger partial charge < -0.3 is 15.2 Å². The summed E-state index contributed by atoms with van der Waals surface area (Å²) in [6, 6.07) is 5.91. The Labute approximate surface area is 142 Å². The fourth-order valence-electron chi connectivity index (χ4n) is 1.51. The van der Waals surface area contributed by atoms with Crippen molar-refractivity contribution >= 4 is 29.3 Å². The van der Waals surface area contributed by atoms with E-state index in [0.717, 1.165) is 13.0 Å². The number of alkyl carbamates (subject to hydrolysis) is 1. The van der Waals surface area contributed by atoms with Crippen molar-refractivity contribution in [3.63, 3.8) is 0 Å². The van der Waals surface area contributed by atoms with E-state index in [1.165, 1.54) is 25.5 Å². The summed E-state index contributed by atoms with van der Waals surface area (Å²) in [7, 11) is 2.54. The minimum Gasteiger partial charge on any atom is -0.444 e. The van der Waals surface area contributed by atoms with Crippen molar-refractivity contribution in [2.45, 2.75) is 45.1 Å². The van der Waals surface area contributed by atoms with Crippen LogP contribution in [0.3, 0.4) is 0 Å². The van der Waals surface area contributed by atoms with Crippen molar-refractivity contribution in [1.82, 2.24) is 5.32 Å². The standard InChI is InChI=1S/C9H8Cl2.C6H13NO2.CH4O/c10-8-4-3-7(5-9(8)11)6-1-2-6;1-6(2,3)9-5(8)7-4;1-2/h3-6H,1-2H2;1-4H3,(H,7,8);2H,1H3. The number of aliphatic hydroxyl groups excluding tert-OH is 1. The van der Waals surface area contributed by atoms with Gasteiger partial charge in [-0.1, -0.05) is 29.3 Å². The molecule has 0 radical (unpaired) electrons. The maximum Gasteiger partial charge on any atom is 0.407 e. The SMILES string of the molecule is CNC(=O)OC(C)(C)C.CO.Clc1ccc(C2CC2)cc1Cl. The smallest absolute Gasteiger partial charge is 0.407 e. The first-order valence-corrected chi connectivity index (χ1v) is 7.79. The molecule has 6 heteroatoms. The number of hydrogen-bond donors (Lipinski definition) is 2. The number of hydrogen-bond acceptors (Lipinski definition) is 3. The fourth-order valence-corrected chi connectivity index (χ4v) is 1.82. The van der Waals surface area contributed by atoms with Gasteiger partial charge in [0.15, 0.2) is 0 Å². The zero-order chi connectivity index (χ0) is 17.3. The molecule has 2 rings (SSSR count). The van der Waals surface area contributed by atoms with E-state index in [1.807, 2.05) is 32.9 Å². The summed E-state index contributed by atoms with van der Waals surface area (Å²) in [5.41, 5.74) is 0.944. The predicted molar refractivity (Wildman–Crippen MR) is 91.9 cm³/mol. The summed E-state index contributed by atoms with van der Waals surface area (Å²) in [5.74, 6) is 0.754. The second-order valence-corrected chi connectivity index (χ2v) is 6.51. The van der Waals surface area contributed by atoms with Crippen molar-refractivity contribution in [3.05, 3.63) is 33.8 Å². The highest BCUT2D eigenvalue weighted by molar-refractivity contribution is 6.42. The Morgan fingerprint density at radius 1 is 1.23 bits per heavy atom. The first-order chi connectivity index (χ1) is 10.2. The summed E-state index contributed by atoms with van der Waals surface area (Å²) >= 11 is 11.6. The van der Waals surface area contributed by atoms with Gasteiger partial charge in [0.1, 0.15) is 5.60 Å². The number of amides is 1. The van der Waals surface area contributed by atoms with Gasteiger partial charge in [0.05, 0.1) is 10.0 Å². The van der Waals surface area contributed by atoms with Gasteiger partial charge in [-0.05, 0) is 57.2 Å². The van der Waals surface area contributed by atoms with Crippen molar-refractivity contribution in [2.75, 3.05) is 14.2 Å². The Balaban J connectivity index is 0.000000369. The molecule has 0 spiro atoms. The van der Waals surface area contributed by atoms with Gasteiger partial charge in [-0.3, -0.25) is 0 Å². The van der Waals surface area contributed by atoms with Crippen LogP contribution in [0.1, 0.15) is 45.1 Å². The molecule has 1 saturated carbocycles. The molecule has 2 N–H and O–H groups in total.